The van der Waals surface area contributed by atoms with Crippen LogP contribution in [0.5, 0.6) is 0 Å². The first kappa shape index (κ1) is 19.7. The highest BCUT2D eigenvalue weighted by Crippen LogP contribution is 2.38. The average molecular weight is 413 g/mol. The van der Waals surface area contributed by atoms with Gasteiger partial charge in [-0.1, -0.05) is 18.6 Å². The molecule has 1 aromatic heterocycles. The molecule has 1 N–H and O–H groups in total. The van der Waals surface area contributed by atoms with E-state index >= 15 is 0 Å². The van der Waals surface area contributed by atoms with Crippen LogP contribution in [-0.4, -0.2) is 30.3 Å². The van der Waals surface area contributed by atoms with Crippen LogP contribution in [0.1, 0.15) is 43.0 Å². The van der Waals surface area contributed by atoms with E-state index in [1.54, 1.807) is 18.3 Å². The maximum atomic E-state index is 11.9. The van der Waals surface area contributed by atoms with E-state index in [2.05, 4.69) is 23.1 Å². The number of Topliss-reactive ketones (excluding diaryl/α,β-unsaturated/α-hetero) is 1. The van der Waals surface area contributed by atoms with E-state index in [1.165, 1.54) is 29.0 Å². The number of nitrogens with zero attached hydrogens (tertiary/aromatic N) is 1. The number of hydrogen-bond donors (Lipinski definition) is 1. The summed E-state index contributed by atoms with van der Waals surface area (Å²) in [6.07, 6.45) is 5.33. The molecule has 1 aromatic carbocycles. The van der Waals surface area contributed by atoms with E-state index < -0.39 is 0 Å². The Kier molecular flexibility index (Phi) is 6.22. The van der Waals surface area contributed by atoms with E-state index in [-0.39, 0.29) is 0 Å². The molecule has 1 aliphatic heterocycles. The van der Waals surface area contributed by atoms with Gasteiger partial charge in [-0.3, -0.25) is 4.79 Å². The summed E-state index contributed by atoms with van der Waals surface area (Å²) in [5.41, 5.74) is 3.25. The molecule has 5 heteroatoms. The van der Waals surface area contributed by atoms with Gasteiger partial charge in [0.05, 0.1) is 11.4 Å². The summed E-state index contributed by atoms with van der Waals surface area (Å²) < 4.78 is 0. The molecular weight excluding hydrogens is 384 g/mol. The van der Waals surface area contributed by atoms with Crippen molar-refractivity contribution in [3.8, 4) is 0 Å². The highest BCUT2D eigenvalue weighted by Gasteiger charge is 2.31. The maximum absolute atomic E-state index is 11.9. The standard InChI is InChI=1S/C23H28N2OS2/c1-16(26)19-5-2-4-18(19)9-10-25-11-13-28-23-15-17(7-8-21(23)25)14-20(24)22-6-3-12-27-22/h3,6-8,12,15,18-19,24H,2,4-5,9-11,13-14H2,1H3/t18?,19-/m0/s1. The van der Waals surface area contributed by atoms with Crippen molar-refractivity contribution >= 4 is 40.3 Å². The summed E-state index contributed by atoms with van der Waals surface area (Å²) in [5.74, 6) is 2.36. The number of thioether (sulfide) groups is 1. The lowest BCUT2D eigenvalue weighted by atomic mass is 9.90. The molecule has 1 aliphatic carbocycles. The van der Waals surface area contributed by atoms with Gasteiger partial charge in [0, 0.05) is 41.0 Å². The van der Waals surface area contributed by atoms with Gasteiger partial charge in [-0.25, -0.2) is 0 Å². The first-order valence-electron chi connectivity index (χ1n) is 10.2. The zero-order valence-corrected chi connectivity index (χ0v) is 18.1. The number of carbonyl (C=O) groups is 1. The van der Waals surface area contributed by atoms with Gasteiger partial charge in [-0.15, -0.1) is 23.1 Å². The Morgan fingerprint density at radius 1 is 1.29 bits per heavy atom. The molecule has 2 aliphatic rings. The van der Waals surface area contributed by atoms with Crippen LogP contribution in [-0.2, 0) is 11.2 Å². The van der Waals surface area contributed by atoms with Gasteiger partial charge in [0.2, 0.25) is 0 Å². The SMILES string of the molecule is CC(=O)[C@@H]1CCCC1CCN1CCSc2cc(CC(=N)c3cccs3)ccc21. The van der Waals surface area contributed by atoms with Gasteiger partial charge in [-0.05, 0) is 61.2 Å². The minimum atomic E-state index is 0.296. The van der Waals surface area contributed by atoms with Gasteiger partial charge in [-0.2, -0.15) is 0 Å². The van der Waals surface area contributed by atoms with Crippen molar-refractivity contribution in [3.05, 3.63) is 46.2 Å². The molecule has 0 amide bonds. The van der Waals surface area contributed by atoms with Crippen molar-refractivity contribution in [2.45, 2.75) is 43.9 Å². The lowest BCUT2D eigenvalue weighted by molar-refractivity contribution is -0.121. The number of anilines is 1. The van der Waals surface area contributed by atoms with E-state index in [9.17, 15) is 4.79 Å². The number of benzene rings is 1. The minimum absolute atomic E-state index is 0.296. The van der Waals surface area contributed by atoms with Crippen molar-refractivity contribution in [3.63, 3.8) is 0 Å². The zero-order valence-electron chi connectivity index (χ0n) is 16.4. The highest BCUT2D eigenvalue weighted by molar-refractivity contribution is 7.99. The molecule has 1 fully saturated rings. The molecule has 0 bridgehead atoms. The summed E-state index contributed by atoms with van der Waals surface area (Å²) in [5, 5.41) is 10.4. The largest absolute Gasteiger partial charge is 0.370 e. The predicted molar refractivity (Wildman–Crippen MR) is 120 cm³/mol. The Morgan fingerprint density at radius 3 is 2.96 bits per heavy atom. The Morgan fingerprint density at radius 2 is 2.18 bits per heavy atom. The lowest BCUT2D eigenvalue weighted by Gasteiger charge is -2.32. The molecule has 1 unspecified atom stereocenters. The fraction of sp³-hybridized carbons (Fsp3) is 0.478. The second-order valence-electron chi connectivity index (χ2n) is 7.97. The summed E-state index contributed by atoms with van der Waals surface area (Å²) in [6, 6.07) is 10.8. The lowest BCUT2D eigenvalue weighted by Crippen LogP contribution is -2.32. The molecule has 3 nitrogen and oxygen atoms in total. The third-order valence-corrected chi connectivity index (χ3v) is 8.09. The van der Waals surface area contributed by atoms with Gasteiger partial charge < -0.3 is 10.3 Å². The van der Waals surface area contributed by atoms with Crippen LogP contribution in [0.4, 0.5) is 5.69 Å². The number of nitrogens with one attached hydrogen (secondary N) is 1. The summed E-state index contributed by atoms with van der Waals surface area (Å²) in [6.45, 7) is 3.90. The van der Waals surface area contributed by atoms with Crippen LogP contribution in [0, 0.1) is 17.2 Å². The van der Waals surface area contributed by atoms with Crippen LogP contribution in [0.25, 0.3) is 0 Å². The normalized spacial score (nSPS) is 21.5. The Balaban J connectivity index is 1.41. The second-order valence-corrected chi connectivity index (χ2v) is 10.1. The molecule has 2 atom stereocenters. The van der Waals surface area contributed by atoms with E-state index in [0.717, 1.165) is 36.6 Å². The third-order valence-electron chi connectivity index (χ3n) is 6.13. The number of ketones is 1. The van der Waals surface area contributed by atoms with Crippen LogP contribution < -0.4 is 4.90 Å². The van der Waals surface area contributed by atoms with Gasteiger partial charge in [0.25, 0.3) is 0 Å². The third kappa shape index (κ3) is 4.36. The summed E-state index contributed by atoms with van der Waals surface area (Å²) in [4.78, 5) is 16.8. The molecule has 4 rings (SSSR count). The summed E-state index contributed by atoms with van der Waals surface area (Å²) in [7, 11) is 0. The molecule has 1 saturated carbocycles. The molecule has 28 heavy (non-hydrogen) atoms. The number of rotatable bonds is 7. The quantitative estimate of drug-likeness (QED) is 0.596. The minimum Gasteiger partial charge on any atom is -0.370 e. The first-order valence-corrected chi connectivity index (χ1v) is 12.1. The fourth-order valence-electron chi connectivity index (χ4n) is 4.64. The molecule has 148 valence electrons. The van der Waals surface area contributed by atoms with Crippen LogP contribution in [0.15, 0.2) is 40.6 Å². The van der Waals surface area contributed by atoms with Crippen molar-refractivity contribution in [1.82, 2.24) is 0 Å². The van der Waals surface area contributed by atoms with E-state index in [1.807, 2.05) is 29.3 Å². The van der Waals surface area contributed by atoms with Crippen molar-refractivity contribution < 1.29 is 4.79 Å². The number of thiophene rings is 1. The van der Waals surface area contributed by atoms with E-state index in [4.69, 9.17) is 5.41 Å². The van der Waals surface area contributed by atoms with Crippen LogP contribution in [0.3, 0.4) is 0 Å². The van der Waals surface area contributed by atoms with Crippen molar-refractivity contribution in [2.24, 2.45) is 11.8 Å². The average Bonchev–Trinajstić information content (AvgIpc) is 3.38. The van der Waals surface area contributed by atoms with Crippen LogP contribution in [0.2, 0.25) is 0 Å². The zero-order chi connectivity index (χ0) is 19.5. The molecular formula is C23H28N2OS2. The number of carbonyl (C=O) groups excluding carboxylic acids is 1. The number of hydrogen-bond acceptors (Lipinski definition) is 5. The Bertz CT molecular complexity index is 846. The Hall–Kier alpha value is -1.59. The van der Waals surface area contributed by atoms with E-state index in [0.29, 0.717) is 29.8 Å². The smallest absolute Gasteiger partial charge is 0.133 e. The van der Waals surface area contributed by atoms with Crippen molar-refractivity contribution in [1.29, 1.82) is 5.41 Å². The molecule has 0 saturated heterocycles. The molecule has 0 radical (unpaired) electrons. The molecule has 2 heterocycles. The number of fused-ring (bicyclic) bond motifs is 1. The first-order chi connectivity index (χ1) is 13.6. The van der Waals surface area contributed by atoms with Crippen molar-refractivity contribution in [2.75, 3.05) is 23.7 Å². The highest BCUT2D eigenvalue weighted by atomic mass is 32.2. The topological polar surface area (TPSA) is 44.2 Å². The monoisotopic (exact) mass is 412 g/mol. The molecule has 0 spiro atoms. The summed E-state index contributed by atoms with van der Waals surface area (Å²) >= 11 is 3.57. The van der Waals surface area contributed by atoms with Gasteiger partial charge >= 0.3 is 0 Å². The predicted octanol–water partition coefficient (Wildman–Crippen LogP) is 5.67. The molecule has 2 aromatic rings. The van der Waals surface area contributed by atoms with Gasteiger partial charge in [0.15, 0.2) is 0 Å². The maximum Gasteiger partial charge on any atom is 0.133 e. The van der Waals surface area contributed by atoms with Crippen LogP contribution >= 0.6 is 23.1 Å². The fourth-order valence-corrected chi connectivity index (χ4v) is 6.43. The Labute approximate surface area is 176 Å². The second kappa shape index (κ2) is 8.83. The van der Waals surface area contributed by atoms with Gasteiger partial charge in [0.1, 0.15) is 5.78 Å².